The van der Waals surface area contributed by atoms with E-state index in [0.717, 1.165) is 22.0 Å². The van der Waals surface area contributed by atoms with Crippen molar-refractivity contribution < 1.29 is 4.79 Å². The van der Waals surface area contributed by atoms with Crippen LogP contribution in [-0.4, -0.2) is 17.0 Å². The fraction of sp³-hybridized carbons (Fsp3) is 0.286. The summed E-state index contributed by atoms with van der Waals surface area (Å²) in [6.45, 7) is 3.43. The highest BCUT2D eigenvalue weighted by Crippen LogP contribution is 2.27. The van der Waals surface area contributed by atoms with Crippen molar-refractivity contribution in [3.8, 4) is 0 Å². The molecule has 0 radical (unpaired) electrons. The van der Waals surface area contributed by atoms with Gasteiger partial charge in [0.1, 0.15) is 0 Å². The van der Waals surface area contributed by atoms with Crippen molar-refractivity contribution in [3.05, 3.63) is 38.0 Å². The van der Waals surface area contributed by atoms with Gasteiger partial charge < -0.3 is 4.98 Å². The highest BCUT2D eigenvalue weighted by atomic mass is 79.9. The quantitative estimate of drug-likeness (QED) is 0.683. The maximum Gasteiger partial charge on any atom is 0.201 e. The molecule has 0 aliphatic carbocycles. The molecule has 5 heteroatoms. The zero-order chi connectivity index (χ0) is 14.2. The van der Waals surface area contributed by atoms with Crippen LogP contribution in [0.4, 0.5) is 0 Å². The van der Waals surface area contributed by atoms with E-state index in [1.165, 1.54) is 18.7 Å². The summed E-state index contributed by atoms with van der Waals surface area (Å²) in [6.07, 6.45) is 2.60. The predicted octanol–water partition coefficient (Wildman–Crippen LogP) is 3.78. The minimum Gasteiger partial charge on any atom is -0.348 e. The maximum absolute atomic E-state index is 12.6. The number of hydrogen-bond donors (Lipinski definition) is 1. The lowest BCUT2D eigenvalue weighted by Gasteiger charge is -2.11. The van der Waals surface area contributed by atoms with E-state index < -0.39 is 0 Å². The minimum absolute atomic E-state index is 0.177. The summed E-state index contributed by atoms with van der Waals surface area (Å²) >= 11 is 4.83. The number of nitrogens with one attached hydrogen (secondary N) is 1. The second-order valence-corrected chi connectivity index (χ2v) is 5.90. The van der Waals surface area contributed by atoms with Gasteiger partial charge in [0.05, 0.1) is 21.5 Å². The summed E-state index contributed by atoms with van der Waals surface area (Å²) in [5.74, 6) is -0.200. The zero-order valence-corrected chi connectivity index (χ0v) is 13.4. The molecule has 0 bridgehead atoms. The van der Waals surface area contributed by atoms with E-state index in [0.29, 0.717) is 10.4 Å². The smallest absolute Gasteiger partial charge is 0.201 e. The second-order valence-electron chi connectivity index (χ2n) is 4.23. The molecule has 3 nitrogen and oxygen atoms in total. The third kappa shape index (κ3) is 2.37. The third-order valence-electron chi connectivity index (χ3n) is 3.10. The topological polar surface area (TPSA) is 49.9 Å². The molecule has 0 fully saturated rings. The van der Waals surface area contributed by atoms with Crippen molar-refractivity contribution in [2.75, 3.05) is 6.26 Å². The molecule has 2 rings (SSSR count). The molecule has 0 atom stereocenters. The Morgan fingerprint density at radius 2 is 2.11 bits per heavy atom. The fourth-order valence-electron chi connectivity index (χ4n) is 2.17. The number of benzene rings is 1. The number of aromatic nitrogens is 1. The first-order valence-electron chi connectivity index (χ1n) is 5.93. The number of aryl methyl sites for hydroxylation is 1. The van der Waals surface area contributed by atoms with Gasteiger partial charge in [-0.05, 0) is 47.2 Å². The SMILES string of the molecule is CCc1ccc(Br)c2[nH]c(SC)c(C(C)=O)c(=O)c12. The number of halogens is 1. The number of carbonyl (C=O) groups is 1. The van der Waals surface area contributed by atoms with Gasteiger partial charge in [0.15, 0.2) is 5.78 Å². The Balaban J connectivity index is 3.04. The van der Waals surface area contributed by atoms with Gasteiger partial charge in [-0.25, -0.2) is 0 Å². The van der Waals surface area contributed by atoms with Crippen LogP contribution in [0.3, 0.4) is 0 Å². The van der Waals surface area contributed by atoms with Crippen LogP contribution in [-0.2, 0) is 6.42 Å². The number of hydrogen-bond acceptors (Lipinski definition) is 3. The molecular weight excluding hydrogens is 326 g/mol. The Labute approximate surface area is 123 Å². The van der Waals surface area contributed by atoms with Gasteiger partial charge in [-0.15, -0.1) is 11.8 Å². The number of Topliss-reactive ketones (excluding diaryl/α,β-unsaturated/α-hetero) is 1. The summed E-state index contributed by atoms with van der Waals surface area (Å²) in [4.78, 5) is 27.5. The van der Waals surface area contributed by atoms with Crippen LogP contribution in [0, 0.1) is 0 Å². The van der Waals surface area contributed by atoms with Crippen LogP contribution in [0.1, 0.15) is 29.8 Å². The maximum atomic E-state index is 12.6. The van der Waals surface area contributed by atoms with E-state index in [1.54, 1.807) is 0 Å². The predicted molar refractivity (Wildman–Crippen MR) is 83.4 cm³/mol. The lowest BCUT2D eigenvalue weighted by atomic mass is 10.0. The molecule has 1 aromatic heterocycles. The van der Waals surface area contributed by atoms with Crippen molar-refractivity contribution in [3.63, 3.8) is 0 Å². The van der Waals surface area contributed by atoms with Crippen molar-refractivity contribution >= 4 is 44.4 Å². The number of pyridine rings is 1. The number of ketones is 1. The number of aromatic amines is 1. The first kappa shape index (κ1) is 14.3. The van der Waals surface area contributed by atoms with Crippen molar-refractivity contribution in [1.82, 2.24) is 4.98 Å². The molecule has 1 N–H and O–H groups in total. The zero-order valence-electron chi connectivity index (χ0n) is 11.0. The number of fused-ring (bicyclic) bond motifs is 1. The van der Waals surface area contributed by atoms with Crippen molar-refractivity contribution in [1.29, 1.82) is 0 Å². The molecule has 0 aliphatic rings. The van der Waals surface area contributed by atoms with E-state index in [1.807, 2.05) is 25.3 Å². The molecule has 0 spiro atoms. The largest absolute Gasteiger partial charge is 0.348 e. The van der Waals surface area contributed by atoms with E-state index >= 15 is 0 Å². The van der Waals surface area contributed by atoms with Gasteiger partial charge in [0.2, 0.25) is 5.43 Å². The molecule has 1 heterocycles. The number of carbonyl (C=O) groups excluding carboxylic acids is 1. The van der Waals surface area contributed by atoms with Gasteiger partial charge in [0.25, 0.3) is 0 Å². The monoisotopic (exact) mass is 339 g/mol. The van der Waals surface area contributed by atoms with Gasteiger partial charge in [-0.3, -0.25) is 9.59 Å². The average molecular weight is 340 g/mol. The van der Waals surface area contributed by atoms with Gasteiger partial charge in [-0.1, -0.05) is 13.0 Å². The molecule has 0 unspecified atom stereocenters. The van der Waals surface area contributed by atoms with E-state index in [2.05, 4.69) is 20.9 Å². The molecule has 0 amide bonds. The Bertz CT molecular complexity index is 721. The van der Waals surface area contributed by atoms with E-state index in [-0.39, 0.29) is 16.8 Å². The van der Waals surface area contributed by atoms with Gasteiger partial charge >= 0.3 is 0 Å². The van der Waals surface area contributed by atoms with Gasteiger partial charge in [0, 0.05) is 4.47 Å². The van der Waals surface area contributed by atoms with Crippen LogP contribution in [0.5, 0.6) is 0 Å². The molecular formula is C14H14BrNO2S. The Hall–Kier alpha value is -1.07. The Morgan fingerprint density at radius 3 is 2.63 bits per heavy atom. The summed E-state index contributed by atoms with van der Waals surface area (Å²) < 4.78 is 0.835. The van der Waals surface area contributed by atoms with Crippen LogP contribution in [0.2, 0.25) is 0 Å². The standard InChI is InChI=1S/C14H14BrNO2S/c1-4-8-5-6-9(15)12-11(8)13(18)10(7(2)17)14(16-12)19-3/h5-6H,4H2,1-3H3,(H,16,18). The summed E-state index contributed by atoms with van der Waals surface area (Å²) in [6, 6.07) is 3.85. The molecule has 1 aromatic carbocycles. The second kappa shape index (κ2) is 5.51. The molecule has 0 aliphatic heterocycles. The molecule has 0 saturated carbocycles. The summed E-state index contributed by atoms with van der Waals surface area (Å²) in [5.41, 5.74) is 1.80. The van der Waals surface area contributed by atoms with Crippen LogP contribution >= 0.6 is 27.7 Å². The summed E-state index contributed by atoms with van der Waals surface area (Å²) in [5, 5.41) is 1.24. The lowest BCUT2D eigenvalue weighted by Crippen LogP contribution is -2.17. The highest BCUT2D eigenvalue weighted by Gasteiger charge is 2.18. The summed E-state index contributed by atoms with van der Waals surface area (Å²) in [7, 11) is 0. The molecule has 0 saturated heterocycles. The minimum atomic E-state index is -0.200. The number of H-pyrrole nitrogens is 1. The van der Waals surface area contributed by atoms with Crippen molar-refractivity contribution in [2.24, 2.45) is 0 Å². The average Bonchev–Trinajstić information content (AvgIpc) is 2.38. The normalized spacial score (nSPS) is 10.9. The van der Waals surface area contributed by atoms with E-state index in [9.17, 15) is 9.59 Å². The molecule has 100 valence electrons. The number of thioether (sulfide) groups is 1. The lowest BCUT2D eigenvalue weighted by molar-refractivity contribution is 0.101. The Morgan fingerprint density at radius 1 is 1.42 bits per heavy atom. The Kier molecular flexibility index (Phi) is 4.16. The van der Waals surface area contributed by atoms with Crippen LogP contribution in [0.15, 0.2) is 26.4 Å². The highest BCUT2D eigenvalue weighted by molar-refractivity contribution is 9.10. The van der Waals surface area contributed by atoms with Crippen LogP contribution < -0.4 is 5.43 Å². The van der Waals surface area contributed by atoms with E-state index in [4.69, 9.17) is 0 Å². The third-order valence-corrected chi connectivity index (χ3v) is 4.47. The molecule has 2 aromatic rings. The molecule has 19 heavy (non-hydrogen) atoms. The van der Waals surface area contributed by atoms with Gasteiger partial charge in [-0.2, -0.15) is 0 Å². The first-order valence-corrected chi connectivity index (χ1v) is 7.95. The number of rotatable bonds is 3. The van der Waals surface area contributed by atoms with Crippen LogP contribution in [0.25, 0.3) is 10.9 Å². The first-order chi connectivity index (χ1) is 9.01. The fourth-order valence-corrected chi connectivity index (χ4v) is 3.25. The van der Waals surface area contributed by atoms with Crippen molar-refractivity contribution in [2.45, 2.75) is 25.3 Å².